The van der Waals surface area contributed by atoms with E-state index in [-0.39, 0.29) is 6.61 Å². The normalized spacial score (nSPS) is 13.1. The van der Waals surface area contributed by atoms with Crippen molar-refractivity contribution < 1.29 is 9.84 Å². The minimum atomic E-state index is 0.149. The molecule has 0 saturated carbocycles. The molecule has 1 aromatic heterocycles. The molecule has 0 fully saturated rings. The van der Waals surface area contributed by atoms with E-state index in [1.807, 2.05) is 24.3 Å². The van der Waals surface area contributed by atoms with E-state index in [2.05, 4.69) is 9.97 Å². The Morgan fingerprint density at radius 3 is 3.05 bits per heavy atom. The van der Waals surface area contributed by atoms with E-state index in [4.69, 9.17) is 9.84 Å². The topological polar surface area (TPSA) is 55.2 Å². The van der Waals surface area contributed by atoms with Gasteiger partial charge >= 0.3 is 0 Å². The molecule has 98 valence electrons. The van der Waals surface area contributed by atoms with Crippen LogP contribution in [0.4, 0.5) is 0 Å². The molecule has 3 rings (SSSR count). The van der Waals surface area contributed by atoms with Crippen molar-refractivity contribution >= 4 is 11.8 Å². The lowest BCUT2D eigenvalue weighted by molar-refractivity contribution is 0.322. The molecule has 0 amide bonds. The average Bonchev–Trinajstić information content (AvgIpc) is 2.65. The molecular weight excluding hydrogens is 260 g/mol. The van der Waals surface area contributed by atoms with Crippen LogP contribution in [0.5, 0.6) is 5.75 Å². The Morgan fingerprint density at radius 2 is 2.16 bits per heavy atom. The minimum Gasteiger partial charge on any atom is -0.493 e. The maximum atomic E-state index is 8.96. The first kappa shape index (κ1) is 12.4. The first-order chi connectivity index (χ1) is 9.40. The van der Waals surface area contributed by atoms with Crippen molar-refractivity contribution in [2.24, 2.45) is 0 Å². The van der Waals surface area contributed by atoms with Gasteiger partial charge in [-0.1, -0.05) is 12.1 Å². The summed E-state index contributed by atoms with van der Waals surface area (Å²) in [5, 5.41) is 9.90. The van der Waals surface area contributed by atoms with E-state index in [9.17, 15) is 0 Å². The predicted octanol–water partition coefficient (Wildman–Crippen LogP) is 2.16. The van der Waals surface area contributed by atoms with Gasteiger partial charge in [0, 0.05) is 23.3 Å². The number of aliphatic hydroxyl groups is 1. The fraction of sp³-hybridized carbons (Fsp3) is 0.286. The Morgan fingerprint density at radius 1 is 1.26 bits per heavy atom. The number of hydrogen-bond donors (Lipinski definition) is 1. The van der Waals surface area contributed by atoms with E-state index in [0.29, 0.717) is 12.4 Å². The van der Waals surface area contributed by atoms with E-state index < -0.39 is 0 Å². The van der Waals surface area contributed by atoms with Gasteiger partial charge in [-0.2, -0.15) is 0 Å². The molecule has 1 aliphatic rings. The third-order valence-electron chi connectivity index (χ3n) is 2.99. The molecule has 0 spiro atoms. The second-order valence-corrected chi connectivity index (χ2v) is 5.26. The van der Waals surface area contributed by atoms with Gasteiger partial charge in [0.1, 0.15) is 17.1 Å². The van der Waals surface area contributed by atoms with Gasteiger partial charge < -0.3 is 9.84 Å². The van der Waals surface area contributed by atoms with Crippen molar-refractivity contribution in [1.82, 2.24) is 9.97 Å². The van der Waals surface area contributed by atoms with Crippen molar-refractivity contribution in [2.45, 2.75) is 11.4 Å². The number of fused-ring (bicyclic) bond motifs is 3. The van der Waals surface area contributed by atoms with Gasteiger partial charge in [0.05, 0.1) is 18.9 Å². The van der Waals surface area contributed by atoms with E-state index in [1.165, 1.54) is 0 Å². The van der Waals surface area contributed by atoms with Crippen LogP contribution in [0.3, 0.4) is 0 Å². The van der Waals surface area contributed by atoms with Gasteiger partial charge in [-0.3, -0.25) is 0 Å². The molecule has 2 aromatic rings. The zero-order valence-corrected chi connectivity index (χ0v) is 11.2. The molecule has 1 aliphatic heterocycles. The monoisotopic (exact) mass is 274 g/mol. The van der Waals surface area contributed by atoms with Crippen LogP contribution < -0.4 is 4.74 Å². The molecule has 19 heavy (non-hydrogen) atoms. The summed E-state index contributed by atoms with van der Waals surface area (Å²) >= 11 is 1.56. The third kappa shape index (κ3) is 2.43. The molecule has 0 aliphatic carbocycles. The first-order valence-corrected chi connectivity index (χ1v) is 7.18. The van der Waals surface area contributed by atoms with Gasteiger partial charge in [-0.25, -0.2) is 9.97 Å². The molecule has 0 saturated heterocycles. The summed E-state index contributed by atoms with van der Waals surface area (Å²) in [6.07, 6.45) is 2.37. The number of aliphatic hydroxyl groups excluding tert-OH is 1. The number of para-hydroxylation sites is 1. The number of benzene rings is 1. The average molecular weight is 274 g/mol. The molecule has 0 atom stereocenters. The lowest BCUT2D eigenvalue weighted by Gasteiger charge is -2.09. The fourth-order valence-electron chi connectivity index (χ4n) is 2.17. The van der Waals surface area contributed by atoms with Crippen molar-refractivity contribution in [1.29, 1.82) is 0 Å². The Kier molecular flexibility index (Phi) is 3.66. The molecule has 2 heterocycles. The Bertz CT molecular complexity index is 589. The van der Waals surface area contributed by atoms with Crippen LogP contribution in [0, 0.1) is 0 Å². The smallest absolute Gasteiger partial charge is 0.128 e. The predicted molar refractivity (Wildman–Crippen MR) is 74.5 cm³/mol. The highest BCUT2D eigenvalue weighted by atomic mass is 32.2. The van der Waals surface area contributed by atoms with Gasteiger partial charge in [-0.05, 0) is 12.1 Å². The molecule has 1 aromatic carbocycles. The molecule has 1 N–H and O–H groups in total. The van der Waals surface area contributed by atoms with Crippen LogP contribution in [0.25, 0.3) is 11.3 Å². The maximum Gasteiger partial charge on any atom is 0.128 e. The Balaban J connectivity index is 2.09. The number of ether oxygens (including phenoxy) is 1. The SMILES string of the molecule is OCCSc1ncnc2c1CCOc1ccccc1-2. The van der Waals surface area contributed by atoms with E-state index in [1.54, 1.807) is 18.1 Å². The number of rotatable bonds is 3. The second kappa shape index (κ2) is 5.59. The minimum absolute atomic E-state index is 0.149. The summed E-state index contributed by atoms with van der Waals surface area (Å²) in [5.41, 5.74) is 3.08. The zero-order valence-electron chi connectivity index (χ0n) is 10.4. The third-order valence-corrected chi connectivity index (χ3v) is 4.00. The highest BCUT2D eigenvalue weighted by Gasteiger charge is 2.19. The van der Waals surface area contributed by atoms with Crippen LogP contribution in [0.2, 0.25) is 0 Å². The van der Waals surface area contributed by atoms with Crippen LogP contribution in [-0.2, 0) is 6.42 Å². The summed E-state index contributed by atoms with van der Waals surface area (Å²) in [5.74, 6) is 1.52. The largest absolute Gasteiger partial charge is 0.493 e. The highest BCUT2D eigenvalue weighted by Crippen LogP contribution is 2.36. The lowest BCUT2D eigenvalue weighted by atomic mass is 10.1. The van der Waals surface area contributed by atoms with Crippen LogP contribution >= 0.6 is 11.8 Å². The van der Waals surface area contributed by atoms with Gasteiger partial charge in [-0.15, -0.1) is 11.8 Å². The summed E-state index contributed by atoms with van der Waals surface area (Å²) in [6, 6.07) is 7.94. The summed E-state index contributed by atoms with van der Waals surface area (Å²) in [6.45, 7) is 0.778. The fourth-order valence-corrected chi connectivity index (χ4v) is 2.95. The summed E-state index contributed by atoms with van der Waals surface area (Å²) in [4.78, 5) is 8.75. The first-order valence-electron chi connectivity index (χ1n) is 6.20. The Hall–Kier alpha value is -1.59. The quantitative estimate of drug-likeness (QED) is 0.686. The molecule has 0 radical (unpaired) electrons. The van der Waals surface area contributed by atoms with Gasteiger partial charge in [0.15, 0.2) is 0 Å². The Labute approximate surface area is 115 Å². The molecule has 5 heteroatoms. The van der Waals surface area contributed by atoms with Crippen molar-refractivity contribution in [3.05, 3.63) is 36.2 Å². The number of aromatic nitrogens is 2. The van der Waals surface area contributed by atoms with E-state index in [0.717, 1.165) is 34.0 Å². The summed E-state index contributed by atoms with van der Waals surface area (Å²) in [7, 11) is 0. The molecule has 0 unspecified atom stereocenters. The van der Waals surface area contributed by atoms with Crippen LogP contribution in [0.15, 0.2) is 35.6 Å². The number of hydrogen-bond acceptors (Lipinski definition) is 5. The van der Waals surface area contributed by atoms with Crippen molar-refractivity contribution in [3.63, 3.8) is 0 Å². The maximum absolute atomic E-state index is 8.96. The van der Waals surface area contributed by atoms with Gasteiger partial charge in [0.2, 0.25) is 0 Å². The second-order valence-electron chi connectivity index (χ2n) is 4.17. The number of nitrogens with zero attached hydrogens (tertiary/aromatic N) is 2. The van der Waals surface area contributed by atoms with Crippen molar-refractivity contribution in [3.8, 4) is 17.0 Å². The zero-order chi connectivity index (χ0) is 13.1. The lowest BCUT2D eigenvalue weighted by Crippen LogP contribution is -2.02. The van der Waals surface area contributed by atoms with Crippen molar-refractivity contribution in [2.75, 3.05) is 19.0 Å². The van der Waals surface area contributed by atoms with Crippen LogP contribution in [-0.4, -0.2) is 34.0 Å². The van der Waals surface area contributed by atoms with Crippen LogP contribution in [0.1, 0.15) is 5.56 Å². The molecular formula is C14H14N2O2S. The van der Waals surface area contributed by atoms with E-state index >= 15 is 0 Å². The molecule has 4 nitrogen and oxygen atoms in total. The standard InChI is InChI=1S/C14H14N2O2S/c17-6-8-19-14-11-5-7-18-12-4-2-1-3-10(12)13(11)15-9-16-14/h1-4,9,17H,5-8H2. The molecule has 0 bridgehead atoms. The summed E-state index contributed by atoms with van der Waals surface area (Å²) < 4.78 is 5.76. The highest BCUT2D eigenvalue weighted by molar-refractivity contribution is 7.99. The number of thioether (sulfide) groups is 1. The van der Waals surface area contributed by atoms with Gasteiger partial charge in [0.25, 0.3) is 0 Å².